The van der Waals surface area contributed by atoms with E-state index in [0.29, 0.717) is 35.2 Å². The first kappa shape index (κ1) is 18.1. The van der Waals surface area contributed by atoms with Crippen LogP contribution in [0.25, 0.3) is 0 Å². The molecule has 3 aliphatic rings. The van der Waals surface area contributed by atoms with Crippen molar-refractivity contribution in [2.24, 2.45) is 5.92 Å². The van der Waals surface area contributed by atoms with Crippen LogP contribution in [0.1, 0.15) is 22.6 Å². The fourth-order valence-electron chi connectivity index (χ4n) is 4.78. The van der Waals surface area contributed by atoms with Crippen molar-refractivity contribution in [3.63, 3.8) is 0 Å². The van der Waals surface area contributed by atoms with Crippen molar-refractivity contribution < 1.29 is 33.2 Å². The Hall–Kier alpha value is -2.93. The molecular weight excluding hydrogens is 376 g/mol. The van der Waals surface area contributed by atoms with Crippen LogP contribution in [0.2, 0.25) is 0 Å². The number of Topliss-reactive ketones (excluding diaryl/α,β-unsaturated/α-hetero) is 1. The molecule has 0 bridgehead atoms. The summed E-state index contributed by atoms with van der Waals surface area (Å²) in [5.41, 5.74) is 2.95. The van der Waals surface area contributed by atoms with Crippen molar-refractivity contribution in [3.8, 4) is 28.7 Å². The summed E-state index contributed by atoms with van der Waals surface area (Å²) < 4.78 is 33.7. The number of ether oxygens (including phenoxy) is 6. The van der Waals surface area contributed by atoms with Gasteiger partial charge in [0.1, 0.15) is 6.61 Å². The second-order valence-electron chi connectivity index (χ2n) is 7.35. The molecule has 7 nitrogen and oxygen atoms in total. The number of carbonyl (C=O) groups is 1. The predicted molar refractivity (Wildman–Crippen MR) is 102 cm³/mol. The molecule has 5 rings (SSSR count). The third-order valence-corrected chi connectivity index (χ3v) is 6.04. The number of carbonyl (C=O) groups excluding carboxylic acids is 1. The first-order valence-electron chi connectivity index (χ1n) is 9.51. The van der Waals surface area contributed by atoms with E-state index in [1.807, 2.05) is 24.3 Å². The molecule has 2 aromatic rings. The summed E-state index contributed by atoms with van der Waals surface area (Å²) in [5.74, 6) is 2.79. The van der Waals surface area contributed by atoms with Gasteiger partial charge >= 0.3 is 0 Å². The van der Waals surface area contributed by atoms with E-state index in [-0.39, 0.29) is 37.1 Å². The van der Waals surface area contributed by atoms with Gasteiger partial charge in [-0.25, -0.2) is 0 Å². The zero-order valence-corrected chi connectivity index (χ0v) is 16.5. The van der Waals surface area contributed by atoms with Gasteiger partial charge in [0, 0.05) is 17.9 Å². The van der Waals surface area contributed by atoms with Crippen LogP contribution in [0, 0.1) is 5.92 Å². The van der Waals surface area contributed by atoms with Crippen molar-refractivity contribution in [2.45, 2.75) is 18.4 Å². The molecule has 29 heavy (non-hydrogen) atoms. The van der Waals surface area contributed by atoms with Gasteiger partial charge in [-0.1, -0.05) is 6.07 Å². The van der Waals surface area contributed by atoms with Gasteiger partial charge in [0.25, 0.3) is 0 Å². The number of hydrogen-bond acceptors (Lipinski definition) is 7. The van der Waals surface area contributed by atoms with E-state index < -0.39 is 0 Å². The highest BCUT2D eigenvalue weighted by Gasteiger charge is 2.48. The second kappa shape index (κ2) is 6.84. The Kier molecular flexibility index (Phi) is 4.28. The molecule has 0 aromatic heterocycles. The quantitative estimate of drug-likeness (QED) is 0.784. The van der Waals surface area contributed by atoms with Crippen molar-refractivity contribution >= 4 is 5.78 Å². The summed E-state index contributed by atoms with van der Waals surface area (Å²) in [6.07, 6.45) is 0.386. The van der Waals surface area contributed by atoms with E-state index in [1.54, 1.807) is 21.3 Å². The number of benzene rings is 2. The van der Waals surface area contributed by atoms with Gasteiger partial charge in [0.05, 0.1) is 33.4 Å². The highest BCUT2D eigenvalue weighted by atomic mass is 16.7. The summed E-state index contributed by atoms with van der Waals surface area (Å²) in [7, 11) is 4.82. The molecule has 3 atom stereocenters. The topological polar surface area (TPSA) is 72.5 Å². The summed E-state index contributed by atoms with van der Waals surface area (Å²) in [4.78, 5) is 12.8. The van der Waals surface area contributed by atoms with Crippen molar-refractivity contribution in [1.29, 1.82) is 0 Å². The minimum absolute atomic E-state index is 0.108. The summed E-state index contributed by atoms with van der Waals surface area (Å²) in [5, 5.41) is 0. The zero-order chi connectivity index (χ0) is 20.1. The van der Waals surface area contributed by atoms with Crippen LogP contribution in [-0.4, -0.2) is 46.6 Å². The normalized spacial score (nSPS) is 24.1. The SMILES string of the molecule is COc1ccc([C@@H]2c3cc4c(c(OC)c3C[C@H]3OCC(=O)[C@H]23)OCO4)cc1OC. The van der Waals surface area contributed by atoms with Crippen molar-refractivity contribution in [2.75, 3.05) is 34.7 Å². The molecule has 0 saturated carbocycles. The number of fused-ring (bicyclic) bond motifs is 3. The Morgan fingerprint density at radius 1 is 1.00 bits per heavy atom. The maximum absolute atomic E-state index is 12.8. The lowest BCUT2D eigenvalue weighted by Gasteiger charge is -2.35. The van der Waals surface area contributed by atoms with Gasteiger partial charge in [-0.05, 0) is 29.3 Å². The third-order valence-electron chi connectivity index (χ3n) is 6.04. The van der Waals surface area contributed by atoms with E-state index in [0.717, 1.165) is 16.7 Å². The standard InChI is InChI=1S/C22H22O7/c1-24-15-5-4-11(6-16(15)25-2)19-12-7-18-22(29-10-28-18)21(26-3)13(12)8-17-20(19)14(23)9-27-17/h4-7,17,19-20H,8-10H2,1-3H3/t17-,19-,20+/m1/s1. The molecule has 0 spiro atoms. The van der Waals surface area contributed by atoms with Crippen LogP contribution in [0.3, 0.4) is 0 Å². The average molecular weight is 398 g/mol. The Bertz CT molecular complexity index is 984. The number of rotatable bonds is 4. The third kappa shape index (κ3) is 2.64. The summed E-state index contributed by atoms with van der Waals surface area (Å²) in [6, 6.07) is 7.74. The Morgan fingerprint density at radius 2 is 1.83 bits per heavy atom. The Labute approximate surface area is 168 Å². The average Bonchev–Trinajstić information content (AvgIpc) is 3.36. The van der Waals surface area contributed by atoms with Crippen LogP contribution in [0.5, 0.6) is 28.7 Å². The maximum atomic E-state index is 12.8. The van der Waals surface area contributed by atoms with Crippen LogP contribution in [0.15, 0.2) is 24.3 Å². The number of hydrogen-bond donors (Lipinski definition) is 0. The zero-order valence-electron chi connectivity index (χ0n) is 16.5. The van der Waals surface area contributed by atoms with Crippen LogP contribution in [-0.2, 0) is 16.0 Å². The molecule has 1 aliphatic carbocycles. The fourth-order valence-corrected chi connectivity index (χ4v) is 4.78. The fraction of sp³-hybridized carbons (Fsp3) is 0.409. The van der Waals surface area contributed by atoms with Gasteiger partial charge in [0.15, 0.2) is 28.8 Å². The highest BCUT2D eigenvalue weighted by Crippen LogP contribution is 2.54. The van der Waals surface area contributed by atoms with Crippen LogP contribution in [0.4, 0.5) is 0 Å². The largest absolute Gasteiger partial charge is 0.493 e. The molecule has 2 heterocycles. The lowest BCUT2D eigenvalue weighted by molar-refractivity contribution is -0.120. The highest BCUT2D eigenvalue weighted by molar-refractivity contribution is 5.87. The van der Waals surface area contributed by atoms with E-state index in [4.69, 9.17) is 28.4 Å². The van der Waals surface area contributed by atoms with Gasteiger partial charge in [0.2, 0.25) is 12.5 Å². The molecule has 1 fully saturated rings. The van der Waals surface area contributed by atoms with E-state index in [1.165, 1.54) is 0 Å². The first-order valence-corrected chi connectivity index (χ1v) is 9.51. The second-order valence-corrected chi connectivity index (χ2v) is 7.35. The summed E-state index contributed by atoms with van der Waals surface area (Å²) in [6.45, 7) is 0.278. The van der Waals surface area contributed by atoms with Crippen molar-refractivity contribution in [1.82, 2.24) is 0 Å². The van der Waals surface area contributed by atoms with Gasteiger partial charge in [-0.2, -0.15) is 0 Å². The number of methoxy groups -OCH3 is 3. The molecule has 2 aliphatic heterocycles. The summed E-state index contributed by atoms with van der Waals surface area (Å²) >= 11 is 0. The monoisotopic (exact) mass is 398 g/mol. The predicted octanol–water partition coefficient (Wildman–Crippen LogP) is 2.71. The Balaban J connectivity index is 1.73. The molecule has 7 heteroatoms. The smallest absolute Gasteiger partial charge is 0.231 e. The molecule has 2 aromatic carbocycles. The van der Waals surface area contributed by atoms with E-state index in [2.05, 4.69) is 0 Å². The van der Waals surface area contributed by atoms with Gasteiger partial charge in [-0.3, -0.25) is 4.79 Å². The lowest BCUT2D eigenvalue weighted by atomic mass is 9.69. The van der Waals surface area contributed by atoms with Gasteiger partial charge in [-0.15, -0.1) is 0 Å². The molecule has 0 unspecified atom stereocenters. The van der Waals surface area contributed by atoms with Gasteiger partial charge < -0.3 is 28.4 Å². The van der Waals surface area contributed by atoms with Crippen molar-refractivity contribution in [3.05, 3.63) is 41.0 Å². The maximum Gasteiger partial charge on any atom is 0.231 e. The minimum atomic E-state index is -0.273. The Morgan fingerprint density at radius 3 is 2.59 bits per heavy atom. The molecule has 0 N–H and O–H groups in total. The molecule has 0 amide bonds. The molecule has 1 saturated heterocycles. The van der Waals surface area contributed by atoms with Crippen LogP contribution < -0.4 is 23.7 Å². The van der Waals surface area contributed by atoms with E-state index >= 15 is 0 Å². The van der Waals surface area contributed by atoms with Crippen LogP contribution >= 0.6 is 0 Å². The van der Waals surface area contributed by atoms with E-state index in [9.17, 15) is 4.79 Å². The first-order chi connectivity index (χ1) is 14.2. The molecule has 0 radical (unpaired) electrons. The minimum Gasteiger partial charge on any atom is -0.493 e. The molecular formula is C22H22O7. The number of ketones is 1. The lowest BCUT2D eigenvalue weighted by Crippen LogP contribution is -2.35. The molecule has 152 valence electrons.